The molecule has 1 heterocycles. The normalized spacial score (nSPS) is 20.4. The first kappa shape index (κ1) is 14.4. The van der Waals surface area contributed by atoms with Crippen molar-refractivity contribution in [3.8, 4) is 0 Å². The number of amides is 1. The smallest absolute Gasteiger partial charge is 0.270 e. The molecule has 0 saturated heterocycles. The molecule has 0 spiro atoms. The highest BCUT2D eigenvalue weighted by Crippen LogP contribution is 2.21. The minimum Gasteiger partial charge on any atom is -0.381 e. The van der Waals surface area contributed by atoms with E-state index in [4.69, 9.17) is 0 Å². The average molecular weight is 287 g/mol. The van der Waals surface area contributed by atoms with Crippen molar-refractivity contribution in [1.82, 2.24) is 10.3 Å². The minimum absolute atomic E-state index is 0.0360. The van der Waals surface area contributed by atoms with Crippen LogP contribution in [0, 0.1) is 0 Å². The molecule has 2 fully saturated rings. The molecule has 2 aliphatic rings. The third kappa shape index (κ3) is 3.96. The average Bonchev–Trinajstić information content (AvgIpc) is 3.02. The predicted molar refractivity (Wildman–Crippen MR) is 84.5 cm³/mol. The molecule has 1 amide bonds. The Kier molecular flexibility index (Phi) is 4.73. The molecule has 0 aromatic carbocycles. The van der Waals surface area contributed by atoms with Crippen molar-refractivity contribution < 1.29 is 4.79 Å². The van der Waals surface area contributed by atoms with E-state index in [1.807, 2.05) is 12.1 Å². The molecule has 0 unspecified atom stereocenters. The molecule has 2 aliphatic carbocycles. The first-order valence-corrected chi connectivity index (χ1v) is 8.35. The van der Waals surface area contributed by atoms with E-state index in [2.05, 4.69) is 15.6 Å². The number of carbonyl (C=O) groups excluding carboxylic acids is 1. The third-order valence-corrected chi connectivity index (χ3v) is 4.66. The van der Waals surface area contributed by atoms with E-state index in [9.17, 15) is 4.79 Å². The molecule has 0 aliphatic heterocycles. The highest BCUT2D eigenvalue weighted by Gasteiger charge is 2.18. The number of carbonyl (C=O) groups is 1. The fourth-order valence-corrected chi connectivity index (χ4v) is 3.43. The Balaban J connectivity index is 1.54. The second-order valence-electron chi connectivity index (χ2n) is 6.37. The van der Waals surface area contributed by atoms with Crippen LogP contribution in [0.1, 0.15) is 68.3 Å². The second kappa shape index (κ2) is 6.92. The van der Waals surface area contributed by atoms with Gasteiger partial charge in [0.05, 0.1) is 11.9 Å². The number of aromatic nitrogens is 1. The fraction of sp³-hybridized carbons (Fsp3) is 0.647. The lowest BCUT2D eigenvalue weighted by Gasteiger charge is -2.23. The molecule has 4 heteroatoms. The van der Waals surface area contributed by atoms with Crippen LogP contribution in [0.15, 0.2) is 18.3 Å². The van der Waals surface area contributed by atoms with Crippen LogP contribution < -0.4 is 10.6 Å². The SMILES string of the molecule is O=C(NC1CCCC1)c1ccc(NC2CCCCC2)cn1. The Morgan fingerprint density at radius 3 is 2.29 bits per heavy atom. The number of hydrogen-bond acceptors (Lipinski definition) is 3. The molecule has 2 saturated carbocycles. The lowest BCUT2D eigenvalue weighted by molar-refractivity contribution is 0.0933. The third-order valence-electron chi connectivity index (χ3n) is 4.66. The van der Waals surface area contributed by atoms with Gasteiger partial charge < -0.3 is 10.6 Å². The molecule has 4 nitrogen and oxygen atoms in total. The van der Waals surface area contributed by atoms with E-state index in [1.165, 1.54) is 44.9 Å². The summed E-state index contributed by atoms with van der Waals surface area (Å²) in [6.07, 6.45) is 12.9. The number of nitrogens with zero attached hydrogens (tertiary/aromatic N) is 1. The van der Waals surface area contributed by atoms with E-state index >= 15 is 0 Å². The number of anilines is 1. The highest BCUT2D eigenvalue weighted by atomic mass is 16.1. The van der Waals surface area contributed by atoms with Gasteiger partial charge in [0, 0.05) is 12.1 Å². The van der Waals surface area contributed by atoms with Gasteiger partial charge in [-0.2, -0.15) is 0 Å². The summed E-state index contributed by atoms with van der Waals surface area (Å²) in [6, 6.07) is 4.72. The fourth-order valence-electron chi connectivity index (χ4n) is 3.43. The zero-order valence-electron chi connectivity index (χ0n) is 12.6. The van der Waals surface area contributed by atoms with Gasteiger partial charge in [0.1, 0.15) is 5.69 Å². The molecule has 1 aromatic heterocycles. The van der Waals surface area contributed by atoms with Crippen LogP contribution in [-0.2, 0) is 0 Å². The maximum Gasteiger partial charge on any atom is 0.270 e. The summed E-state index contributed by atoms with van der Waals surface area (Å²) in [5.41, 5.74) is 1.55. The highest BCUT2D eigenvalue weighted by molar-refractivity contribution is 5.92. The summed E-state index contributed by atoms with van der Waals surface area (Å²) in [5.74, 6) is -0.0360. The summed E-state index contributed by atoms with van der Waals surface area (Å²) < 4.78 is 0. The number of rotatable bonds is 4. The van der Waals surface area contributed by atoms with Crippen molar-refractivity contribution in [2.24, 2.45) is 0 Å². The second-order valence-corrected chi connectivity index (χ2v) is 6.37. The van der Waals surface area contributed by atoms with Crippen LogP contribution in [0.2, 0.25) is 0 Å². The van der Waals surface area contributed by atoms with Crippen molar-refractivity contribution in [3.63, 3.8) is 0 Å². The first-order chi connectivity index (χ1) is 10.3. The van der Waals surface area contributed by atoms with Gasteiger partial charge in [-0.05, 0) is 37.8 Å². The van der Waals surface area contributed by atoms with Crippen molar-refractivity contribution in [2.45, 2.75) is 69.9 Å². The van der Waals surface area contributed by atoms with Gasteiger partial charge in [-0.15, -0.1) is 0 Å². The van der Waals surface area contributed by atoms with Gasteiger partial charge in [0.25, 0.3) is 5.91 Å². The number of nitrogens with one attached hydrogen (secondary N) is 2. The molecular formula is C17H25N3O. The zero-order valence-corrected chi connectivity index (χ0v) is 12.6. The maximum atomic E-state index is 12.1. The lowest BCUT2D eigenvalue weighted by atomic mass is 9.95. The van der Waals surface area contributed by atoms with Crippen molar-refractivity contribution in [2.75, 3.05) is 5.32 Å². The first-order valence-electron chi connectivity index (χ1n) is 8.35. The zero-order chi connectivity index (χ0) is 14.5. The largest absolute Gasteiger partial charge is 0.381 e. The summed E-state index contributed by atoms with van der Waals surface area (Å²) in [6.45, 7) is 0. The summed E-state index contributed by atoms with van der Waals surface area (Å²) in [4.78, 5) is 16.4. The number of hydrogen-bond donors (Lipinski definition) is 2. The molecule has 0 atom stereocenters. The summed E-state index contributed by atoms with van der Waals surface area (Å²) in [7, 11) is 0. The quantitative estimate of drug-likeness (QED) is 0.891. The topological polar surface area (TPSA) is 54.0 Å². The van der Waals surface area contributed by atoms with Crippen LogP contribution in [0.25, 0.3) is 0 Å². The van der Waals surface area contributed by atoms with Crippen molar-refractivity contribution >= 4 is 11.6 Å². The molecule has 0 bridgehead atoms. The Hall–Kier alpha value is -1.58. The molecule has 0 radical (unpaired) electrons. The van der Waals surface area contributed by atoms with E-state index in [0.29, 0.717) is 17.8 Å². The van der Waals surface area contributed by atoms with Crippen LogP contribution >= 0.6 is 0 Å². The monoisotopic (exact) mass is 287 g/mol. The Bertz CT molecular complexity index is 459. The number of pyridine rings is 1. The van der Waals surface area contributed by atoms with Crippen LogP contribution in [0.5, 0.6) is 0 Å². The van der Waals surface area contributed by atoms with Crippen LogP contribution in [0.4, 0.5) is 5.69 Å². The Morgan fingerprint density at radius 1 is 0.952 bits per heavy atom. The van der Waals surface area contributed by atoms with Crippen LogP contribution in [-0.4, -0.2) is 23.0 Å². The van der Waals surface area contributed by atoms with Gasteiger partial charge in [0.15, 0.2) is 0 Å². The lowest BCUT2D eigenvalue weighted by Crippen LogP contribution is -2.33. The standard InChI is InChI=1S/C17H25N3O/c21-17(20-14-8-4-5-9-14)16-11-10-15(12-18-16)19-13-6-2-1-3-7-13/h10-14,19H,1-9H2,(H,20,21). The summed E-state index contributed by atoms with van der Waals surface area (Å²) >= 11 is 0. The van der Waals surface area contributed by atoms with Gasteiger partial charge in [-0.25, -0.2) is 4.98 Å². The molecular weight excluding hydrogens is 262 g/mol. The van der Waals surface area contributed by atoms with E-state index in [0.717, 1.165) is 18.5 Å². The minimum atomic E-state index is -0.0360. The van der Waals surface area contributed by atoms with Gasteiger partial charge in [0.2, 0.25) is 0 Å². The van der Waals surface area contributed by atoms with Gasteiger partial charge >= 0.3 is 0 Å². The van der Waals surface area contributed by atoms with E-state index < -0.39 is 0 Å². The predicted octanol–water partition coefficient (Wildman–Crippen LogP) is 3.50. The maximum absolute atomic E-state index is 12.1. The van der Waals surface area contributed by atoms with Gasteiger partial charge in [-0.1, -0.05) is 32.1 Å². The molecule has 3 rings (SSSR count). The van der Waals surface area contributed by atoms with Crippen molar-refractivity contribution in [3.05, 3.63) is 24.0 Å². The molecule has 2 N–H and O–H groups in total. The molecule has 1 aromatic rings. The molecule has 114 valence electrons. The van der Waals surface area contributed by atoms with E-state index in [1.54, 1.807) is 6.20 Å². The van der Waals surface area contributed by atoms with Crippen molar-refractivity contribution in [1.29, 1.82) is 0 Å². The van der Waals surface area contributed by atoms with Gasteiger partial charge in [-0.3, -0.25) is 4.79 Å². The molecule has 21 heavy (non-hydrogen) atoms. The Morgan fingerprint density at radius 2 is 1.62 bits per heavy atom. The summed E-state index contributed by atoms with van der Waals surface area (Å²) in [5, 5.41) is 6.60. The van der Waals surface area contributed by atoms with Crippen LogP contribution in [0.3, 0.4) is 0 Å². The van der Waals surface area contributed by atoms with E-state index in [-0.39, 0.29) is 5.91 Å². The Labute approximate surface area is 126 Å².